The molecule has 1 aromatic carbocycles. The maximum Gasteiger partial charge on any atom is 0.209 e. The molecule has 3 heterocycles. The van der Waals surface area contributed by atoms with E-state index in [1.807, 2.05) is 10.7 Å². The van der Waals surface area contributed by atoms with Gasteiger partial charge in [-0.1, -0.05) is 31.0 Å². The summed E-state index contributed by atoms with van der Waals surface area (Å²) in [7, 11) is 0. The monoisotopic (exact) mass is 419 g/mol. The predicted octanol–water partition coefficient (Wildman–Crippen LogP) is 2.06. The van der Waals surface area contributed by atoms with Crippen LogP contribution < -0.4 is 9.80 Å². The normalized spacial score (nSPS) is 21.6. The molecule has 0 spiro atoms. The van der Waals surface area contributed by atoms with Crippen molar-refractivity contribution >= 4 is 17.3 Å². The Balaban J connectivity index is 1.45. The number of ether oxygens (including phenoxy) is 1. The maximum atomic E-state index is 6.24. The number of tetrazole rings is 1. The molecule has 2 aliphatic rings. The Hall–Kier alpha value is -1.70. The summed E-state index contributed by atoms with van der Waals surface area (Å²) >= 11 is 6.24. The van der Waals surface area contributed by atoms with Crippen LogP contribution in [0.2, 0.25) is 5.02 Å². The van der Waals surface area contributed by atoms with Gasteiger partial charge in [0, 0.05) is 23.7 Å². The quantitative estimate of drug-likeness (QED) is 0.744. The summed E-state index contributed by atoms with van der Waals surface area (Å²) in [6.45, 7) is 10.2. The van der Waals surface area contributed by atoms with Crippen molar-refractivity contribution in [1.82, 2.24) is 20.2 Å². The van der Waals surface area contributed by atoms with Crippen LogP contribution in [-0.4, -0.2) is 59.1 Å². The Bertz CT molecular complexity index is 798. The predicted molar refractivity (Wildman–Crippen MR) is 114 cm³/mol. The van der Waals surface area contributed by atoms with Gasteiger partial charge in [-0.25, -0.2) is 4.68 Å². The van der Waals surface area contributed by atoms with Gasteiger partial charge < -0.3 is 14.5 Å². The van der Waals surface area contributed by atoms with Crippen molar-refractivity contribution in [2.45, 2.75) is 58.2 Å². The fourth-order valence-corrected chi connectivity index (χ4v) is 4.85. The Labute approximate surface area is 178 Å². The fourth-order valence-electron chi connectivity index (χ4n) is 4.68. The molecule has 0 radical (unpaired) electrons. The first-order valence-electron chi connectivity index (χ1n) is 10.9. The van der Waals surface area contributed by atoms with Crippen molar-refractivity contribution in [3.05, 3.63) is 34.6 Å². The van der Waals surface area contributed by atoms with Gasteiger partial charge in [-0.3, -0.25) is 0 Å². The molecule has 1 aromatic heterocycles. The number of benzene rings is 1. The van der Waals surface area contributed by atoms with E-state index < -0.39 is 0 Å². The lowest BCUT2D eigenvalue weighted by Gasteiger charge is -2.37. The zero-order valence-corrected chi connectivity index (χ0v) is 18.2. The highest BCUT2D eigenvalue weighted by Crippen LogP contribution is 2.25. The lowest BCUT2D eigenvalue weighted by Crippen LogP contribution is -3.15. The second kappa shape index (κ2) is 9.41. The van der Waals surface area contributed by atoms with Gasteiger partial charge in [0.15, 0.2) is 0 Å². The molecule has 4 rings (SSSR count). The van der Waals surface area contributed by atoms with Crippen LogP contribution in [0, 0.1) is 6.92 Å². The topological polar surface area (TPSA) is 60.5 Å². The molecule has 158 valence electrons. The van der Waals surface area contributed by atoms with Crippen molar-refractivity contribution < 1.29 is 9.64 Å². The van der Waals surface area contributed by atoms with Crippen molar-refractivity contribution in [2.75, 3.05) is 37.7 Å². The van der Waals surface area contributed by atoms with E-state index in [0.29, 0.717) is 6.04 Å². The highest BCUT2D eigenvalue weighted by Gasteiger charge is 2.33. The summed E-state index contributed by atoms with van der Waals surface area (Å²) in [4.78, 5) is 4.04. The molecule has 2 saturated heterocycles. The number of nitrogens with one attached hydrogen (secondary N) is 1. The maximum absolute atomic E-state index is 6.24. The summed E-state index contributed by atoms with van der Waals surface area (Å²) in [6, 6.07) is 6.50. The van der Waals surface area contributed by atoms with Crippen LogP contribution in [0.4, 0.5) is 5.69 Å². The molecule has 8 heteroatoms. The third-order valence-electron chi connectivity index (χ3n) is 6.26. The van der Waals surface area contributed by atoms with E-state index in [0.717, 1.165) is 75.9 Å². The van der Waals surface area contributed by atoms with E-state index in [1.54, 1.807) is 4.90 Å². The Morgan fingerprint density at radius 3 is 2.86 bits per heavy atom. The minimum atomic E-state index is 0.247. The lowest BCUT2D eigenvalue weighted by molar-refractivity contribution is -0.933. The van der Waals surface area contributed by atoms with Gasteiger partial charge >= 0.3 is 0 Å². The summed E-state index contributed by atoms with van der Waals surface area (Å²) in [5.74, 6) is 1.02. The molecular weight excluding hydrogens is 388 g/mol. The number of hydrogen-bond acceptors (Lipinski definition) is 5. The highest BCUT2D eigenvalue weighted by molar-refractivity contribution is 6.30. The van der Waals surface area contributed by atoms with Gasteiger partial charge in [0.2, 0.25) is 5.82 Å². The molecule has 0 amide bonds. The minimum absolute atomic E-state index is 0.247. The first-order valence-corrected chi connectivity index (χ1v) is 11.3. The zero-order chi connectivity index (χ0) is 20.2. The first-order chi connectivity index (χ1) is 14.2. The van der Waals surface area contributed by atoms with Crippen LogP contribution in [0.1, 0.15) is 50.0 Å². The van der Waals surface area contributed by atoms with Crippen molar-refractivity contribution in [3.8, 4) is 0 Å². The van der Waals surface area contributed by atoms with Crippen LogP contribution in [0.3, 0.4) is 0 Å². The first kappa shape index (κ1) is 20.6. The number of rotatable bonds is 7. The third-order valence-corrected chi connectivity index (χ3v) is 6.49. The fraction of sp³-hybridized carbons (Fsp3) is 0.667. The molecule has 0 aliphatic carbocycles. The molecule has 0 saturated carbocycles. The molecule has 2 aromatic rings. The lowest BCUT2D eigenvalue weighted by atomic mass is 10.1. The molecule has 2 atom stereocenters. The second-order valence-electron chi connectivity index (χ2n) is 8.27. The molecule has 0 bridgehead atoms. The van der Waals surface area contributed by atoms with Crippen molar-refractivity contribution in [3.63, 3.8) is 0 Å². The largest absolute Gasteiger partial charge is 0.376 e. The number of nitrogens with zero attached hydrogens (tertiary/aromatic N) is 5. The summed E-state index contributed by atoms with van der Waals surface area (Å²) in [6.07, 6.45) is 4.70. The van der Waals surface area contributed by atoms with Gasteiger partial charge in [-0.2, -0.15) is 0 Å². The minimum Gasteiger partial charge on any atom is -0.376 e. The molecule has 29 heavy (non-hydrogen) atoms. The van der Waals surface area contributed by atoms with Gasteiger partial charge in [-0.05, 0) is 47.9 Å². The average Bonchev–Trinajstić information content (AvgIpc) is 3.41. The molecule has 1 N–H and O–H groups in total. The Kier molecular flexibility index (Phi) is 6.67. The van der Waals surface area contributed by atoms with Crippen LogP contribution in [-0.2, 0) is 11.3 Å². The van der Waals surface area contributed by atoms with Crippen LogP contribution in [0.5, 0.6) is 0 Å². The van der Waals surface area contributed by atoms with Gasteiger partial charge in [0.25, 0.3) is 0 Å². The van der Waals surface area contributed by atoms with Gasteiger partial charge in [0.05, 0.1) is 38.8 Å². The number of quaternary nitrogens is 1. The van der Waals surface area contributed by atoms with E-state index in [9.17, 15) is 0 Å². The second-order valence-corrected chi connectivity index (χ2v) is 8.71. The molecule has 2 aliphatic heterocycles. The molecule has 0 unspecified atom stereocenters. The van der Waals surface area contributed by atoms with Gasteiger partial charge in [-0.15, -0.1) is 5.10 Å². The standard InChI is InChI=1S/C21H31ClN6O/c1-3-5-19(21-23-24-25-28(21)15-18-6-4-13-29-18)26-9-11-27(12-10-26)20-14-17(22)8-7-16(20)2/h7-8,14,18-19H,3-6,9-13,15H2,1-2H3/p+1/t18-,19-/m1/s1. The number of halogens is 1. The smallest absolute Gasteiger partial charge is 0.209 e. The molecular formula is C21H32ClN6O+. The number of hydrogen-bond donors (Lipinski definition) is 1. The van der Waals surface area contributed by atoms with E-state index in [2.05, 4.69) is 46.4 Å². The van der Waals surface area contributed by atoms with Crippen LogP contribution >= 0.6 is 11.6 Å². The third kappa shape index (κ3) is 4.73. The van der Waals surface area contributed by atoms with Crippen LogP contribution in [0.25, 0.3) is 0 Å². The number of aryl methyl sites for hydroxylation is 1. The number of anilines is 1. The van der Waals surface area contributed by atoms with Gasteiger partial charge in [0.1, 0.15) is 6.04 Å². The molecule has 2 fully saturated rings. The SMILES string of the molecule is CCC[C@H](c1nnnn1C[C@H]1CCCO1)[NH+]1CCN(c2cc(Cl)ccc2C)CC1. The molecule has 7 nitrogen and oxygen atoms in total. The van der Waals surface area contributed by atoms with E-state index in [-0.39, 0.29) is 6.10 Å². The highest BCUT2D eigenvalue weighted by atomic mass is 35.5. The van der Waals surface area contributed by atoms with E-state index in [1.165, 1.54) is 11.3 Å². The Morgan fingerprint density at radius 1 is 1.31 bits per heavy atom. The van der Waals surface area contributed by atoms with E-state index >= 15 is 0 Å². The zero-order valence-electron chi connectivity index (χ0n) is 17.5. The summed E-state index contributed by atoms with van der Waals surface area (Å²) in [5, 5.41) is 13.6. The summed E-state index contributed by atoms with van der Waals surface area (Å²) < 4.78 is 7.81. The van der Waals surface area contributed by atoms with Crippen LogP contribution in [0.15, 0.2) is 18.2 Å². The number of aromatic nitrogens is 4. The average molecular weight is 420 g/mol. The summed E-state index contributed by atoms with van der Waals surface area (Å²) in [5.41, 5.74) is 2.54. The van der Waals surface area contributed by atoms with E-state index in [4.69, 9.17) is 16.3 Å². The Morgan fingerprint density at radius 2 is 2.14 bits per heavy atom. The van der Waals surface area contributed by atoms with Crippen molar-refractivity contribution in [1.29, 1.82) is 0 Å². The number of piperazine rings is 1. The van der Waals surface area contributed by atoms with Crippen molar-refractivity contribution in [2.24, 2.45) is 0 Å².